The van der Waals surface area contributed by atoms with Gasteiger partial charge in [-0.2, -0.15) is 0 Å². The fraction of sp³-hybridized carbons (Fsp3) is 0.750. The molecule has 36 heavy (non-hydrogen) atoms. The molecular weight excluding hydrogens is 476 g/mol. The second-order valence-electron chi connectivity index (χ2n) is 8.15. The van der Waals surface area contributed by atoms with E-state index in [-0.39, 0.29) is 32.0 Å². The molecule has 0 fully saturated rings. The highest BCUT2D eigenvalue weighted by molar-refractivity contribution is 5.71. The van der Waals surface area contributed by atoms with Crippen molar-refractivity contribution in [3.05, 3.63) is 12.7 Å². The summed E-state index contributed by atoms with van der Waals surface area (Å²) < 4.78 is 25.8. The van der Waals surface area contributed by atoms with E-state index in [1.54, 1.807) is 27.7 Å². The van der Waals surface area contributed by atoms with Gasteiger partial charge in [-0.3, -0.25) is 9.59 Å². The number of carbonyl (C=O) groups excluding carboxylic acids is 3. The lowest BCUT2D eigenvalue weighted by atomic mass is 10.2. The molecule has 0 aliphatic rings. The minimum atomic E-state index is -0.507. The molecule has 0 aromatic heterocycles. The van der Waals surface area contributed by atoms with Gasteiger partial charge in [0.1, 0.15) is 18.5 Å². The maximum absolute atomic E-state index is 11.3. The first-order chi connectivity index (χ1) is 17.0. The molecule has 0 aromatic rings. The summed E-state index contributed by atoms with van der Waals surface area (Å²) in [4.78, 5) is 44.4. The number of carboxylic acid groups (broad SMARTS) is 1. The Morgan fingerprint density at radius 2 is 1.44 bits per heavy atom. The Morgan fingerprint density at radius 1 is 0.944 bits per heavy atom. The van der Waals surface area contributed by atoms with Crippen LogP contribution in [0.1, 0.15) is 34.1 Å². The molecule has 0 rings (SSSR count). The Balaban J connectivity index is -0.000000584. The van der Waals surface area contributed by atoms with Crippen LogP contribution in [-0.2, 0) is 38.1 Å². The zero-order chi connectivity index (χ0) is 28.2. The van der Waals surface area contributed by atoms with Crippen LogP contribution in [0.15, 0.2) is 12.7 Å². The number of esters is 1. The third-order valence-corrected chi connectivity index (χ3v) is 3.57. The molecule has 0 saturated heterocycles. The normalized spacial score (nSPS) is 10.2. The molecular formula is C24H46N2O10. The fourth-order valence-electron chi connectivity index (χ4n) is 1.92. The predicted molar refractivity (Wildman–Crippen MR) is 135 cm³/mol. The van der Waals surface area contributed by atoms with Gasteiger partial charge in [0, 0.05) is 13.1 Å². The van der Waals surface area contributed by atoms with Crippen molar-refractivity contribution < 1.29 is 48.0 Å². The Bertz CT molecular complexity index is 566. The molecule has 0 bridgehead atoms. The molecule has 0 unspecified atom stereocenters. The van der Waals surface area contributed by atoms with Crippen molar-refractivity contribution in [3.63, 3.8) is 0 Å². The van der Waals surface area contributed by atoms with Crippen molar-refractivity contribution in [2.45, 2.75) is 39.7 Å². The van der Waals surface area contributed by atoms with Crippen LogP contribution in [0, 0.1) is 0 Å². The van der Waals surface area contributed by atoms with Crippen LogP contribution in [-0.4, -0.2) is 125 Å². The van der Waals surface area contributed by atoms with E-state index in [4.69, 9.17) is 33.6 Å². The molecule has 12 heteroatoms. The van der Waals surface area contributed by atoms with Crippen molar-refractivity contribution in [3.8, 4) is 0 Å². The SMILES string of the molecule is C=CCOC(=O)CCOCCOCCOCCN(C)C.CCN(CC=O)C(=O)OC(C)(C)C.O=CO. The number of aldehydes is 1. The van der Waals surface area contributed by atoms with E-state index in [9.17, 15) is 14.4 Å². The average Bonchev–Trinajstić information content (AvgIpc) is 2.79. The molecule has 0 saturated carbocycles. The smallest absolute Gasteiger partial charge is 0.410 e. The summed E-state index contributed by atoms with van der Waals surface area (Å²) in [5.74, 6) is -0.278. The second kappa shape index (κ2) is 27.1. The standard InChI is InChI=1S/C14H27NO5.C9H17NO3.CH2O2/c1-4-7-20-14(16)5-8-17-10-12-19-13-11-18-9-6-15(2)3;1-5-10(6-7-11)8(12)13-9(2,3)4;2-1-3/h4H,1,5-13H2,2-3H3;7H,5-6H2,1-4H3;1H,(H,2,3). The van der Waals surface area contributed by atoms with Crippen molar-refractivity contribution >= 4 is 24.8 Å². The largest absolute Gasteiger partial charge is 0.483 e. The summed E-state index contributed by atoms with van der Waals surface area (Å²) in [6, 6.07) is 0. The van der Waals surface area contributed by atoms with E-state index in [0.29, 0.717) is 52.5 Å². The van der Waals surface area contributed by atoms with E-state index in [1.807, 2.05) is 14.1 Å². The minimum absolute atomic E-state index is 0.0887. The predicted octanol–water partition coefficient (Wildman–Crippen LogP) is 1.86. The quantitative estimate of drug-likeness (QED) is 0.129. The Labute approximate surface area is 215 Å². The van der Waals surface area contributed by atoms with Gasteiger partial charge in [-0.05, 0) is 41.8 Å². The summed E-state index contributed by atoms with van der Waals surface area (Å²) in [5.41, 5.74) is -0.507. The van der Waals surface area contributed by atoms with Crippen LogP contribution >= 0.6 is 0 Å². The molecule has 0 spiro atoms. The first-order valence-corrected chi connectivity index (χ1v) is 11.6. The molecule has 12 nitrogen and oxygen atoms in total. The lowest BCUT2D eigenvalue weighted by molar-refractivity contribution is -0.143. The van der Waals surface area contributed by atoms with Crippen LogP contribution in [0.5, 0.6) is 0 Å². The monoisotopic (exact) mass is 522 g/mol. The maximum Gasteiger partial charge on any atom is 0.410 e. The first kappa shape index (κ1) is 38.0. The van der Waals surface area contributed by atoms with Gasteiger partial charge in [0.25, 0.3) is 6.47 Å². The third-order valence-electron chi connectivity index (χ3n) is 3.57. The molecule has 0 aliphatic heterocycles. The van der Waals surface area contributed by atoms with Gasteiger partial charge < -0.3 is 43.4 Å². The Hall–Kier alpha value is -2.54. The number of rotatable bonds is 17. The van der Waals surface area contributed by atoms with Gasteiger partial charge in [-0.1, -0.05) is 12.7 Å². The summed E-state index contributed by atoms with van der Waals surface area (Å²) >= 11 is 0. The second-order valence-corrected chi connectivity index (χ2v) is 8.15. The number of carbonyl (C=O) groups is 4. The zero-order valence-electron chi connectivity index (χ0n) is 22.7. The van der Waals surface area contributed by atoms with Gasteiger partial charge in [-0.15, -0.1) is 0 Å². The van der Waals surface area contributed by atoms with Gasteiger partial charge >= 0.3 is 12.1 Å². The summed E-state index contributed by atoms with van der Waals surface area (Å²) in [7, 11) is 4.01. The van der Waals surface area contributed by atoms with Gasteiger partial charge in [0.05, 0.1) is 52.6 Å². The number of likely N-dealkylation sites (N-methyl/N-ethyl adjacent to an activating group) is 2. The number of hydrogen-bond donors (Lipinski definition) is 1. The molecule has 1 N–H and O–H groups in total. The van der Waals surface area contributed by atoms with Gasteiger partial charge in [0.2, 0.25) is 0 Å². The van der Waals surface area contributed by atoms with Crippen LogP contribution in [0.4, 0.5) is 4.79 Å². The van der Waals surface area contributed by atoms with Crippen molar-refractivity contribution in [1.82, 2.24) is 9.80 Å². The van der Waals surface area contributed by atoms with E-state index in [1.165, 1.54) is 11.0 Å². The molecule has 0 atom stereocenters. The molecule has 0 heterocycles. The molecule has 0 aliphatic carbocycles. The minimum Gasteiger partial charge on any atom is -0.483 e. The van der Waals surface area contributed by atoms with E-state index in [2.05, 4.69) is 11.5 Å². The lowest BCUT2D eigenvalue weighted by Gasteiger charge is -2.25. The summed E-state index contributed by atoms with van der Waals surface area (Å²) in [6.07, 6.45) is 2.03. The topological polar surface area (TPSA) is 141 Å². The van der Waals surface area contributed by atoms with Gasteiger partial charge in [-0.25, -0.2) is 4.79 Å². The van der Waals surface area contributed by atoms with E-state index in [0.717, 1.165) is 6.54 Å². The number of amides is 1. The molecule has 212 valence electrons. The maximum atomic E-state index is 11.3. The third kappa shape index (κ3) is 33.6. The van der Waals surface area contributed by atoms with Crippen LogP contribution in [0.3, 0.4) is 0 Å². The van der Waals surface area contributed by atoms with Crippen LogP contribution in [0.25, 0.3) is 0 Å². The molecule has 0 aromatic carbocycles. The van der Waals surface area contributed by atoms with Crippen molar-refractivity contribution in [2.75, 3.05) is 80.0 Å². The van der Waals surface area contributed by atoms with E-state index >= 15 is 0 Å². The van der Waals surface area contributed by atoms with Gasteiger partial charge in [0.15, 0.2) is 0 Å². The first-order valence-electron chi connectivity index (χ1n) is 11.6. The highest BCUT2D eigenvalue weighted by Gasteiger charge is 2.20. The summed E-state index contributed by atoms with van der Waals surface area (Å²) in [5, 5.41) is 6.89. The zero-order valence-corrected chi connectivity index (χ0v) is 22.7. The number of nitrogens with zero attached hydrogens (tertiary/aromatic N) is 2. The van der Waals surface area contributed by atoms with Crippen molar-refractivity contribution in [1.29, 1.82) is 0 Å². The van der Waals surface area contributed by atoms with E-state index < -0.39 is 11.7 Å². The van der Waals surface area contributed by atoms with Crippen LogP contribution < -0.4 is 0 Å². The Morgan fingerprint density at radius 3 is 1.86 bits per heavy atom. The highest BCUT2D eigenvalue weighted by Crippen LogP contribution is 2.09. The molecule has 0 radical (unpaired) electrons. The fourth-order valence-corrected chi connectivity index (χ4v) is 1.92. The van der Waals surface area contributed by atoms with Crippen LogP contribution in [0.2, 0.25) is 0 Å². The van der Waals surface area contributed by atoms with Crippen molar-refractivity contribution in [2.24, 2.45) is 0 Å². The summed E-state index contributed by atoms with van der Waals surface area (Å²) in [6.45, 7) is 15.3. The highest BCUT2D eigenvalue weighted by atomic mass is 16.6. The molecule has 1 amide bonds. The lowest BCUT2D eigenvalue weighted by Crippen LogP contribution is -2.37. The number of ether oxygens (including phenoxy) is 5. The Kier molecular flexibility index (Phi) is 28.6. The number of hydrogen-bond acceptors (Lipinski definition) is 10. The average molecular weight is 523 g/mol.